The van der Waals surface area contributed by atoms with Crippen LogP contribution >= 0.6 is 0 Å². The van der Waals surface area contributed by atoms with Gasteiger partial charge in [-0.15, -0.1) is 0 Å². The summed E-state index contributed by atoms with van der Waals surface area (Å²) < 4.78 is 2.34. The number of fused-ring (bicyclic) bond motifs is 2. The molecule has 0 unspecified atom stereocenters. The summed E-state index contributed by atoms with van der Waals surface area (Å²) in [5, 5.41) is 3.92. The molecule has 4 rings (SSSR count). The number of nitrogens with zero attached hydrogens (tertiary/aromatic N) is 1. The van der Waals surface area contributed by atoms with Crippen LogP contribution < -0.4 is 4.57 Å². The largest absolute Gasteiger partial charge is 0.213 e. The lowest BCUT2D eigenvalue weighted by Crippen LogP contribution is -2.32. The maximum Gasteiger partial charge on any atom is 0.213 e. The molecule has 4 aromatic rings. The van der Waals surface area contributed by atoms with E-state index in [0.717, 1.165) is 6.42 Å². The van der Waals surface area contributed by atoms with Crippen LogP contribution in [0.25, 0.3) is 32.9 Å². The lowest BCUT2D eigenvalue weighted by molar-refractivity contribution is -0.633. The Morgan fingerprint density at radius 2 is 1.62 bits per heavy atom. The molecule has 3 aromatic carbocycles. The van der Waals surface area contributed by atoms with E-state index in [9.17, 15) is 0 Å². The first-order chi connectivity index (χ1) is 12.5. The molecule has 0 fully saturated rings. The third-order valence-electron chi connectivity index (χ3n) is 5.27. The van der Waals surface area contributed by atoms with Crippen LogP contribution in [0.4, 0.5) is 0 Å². The van der Waals surface area contributed by atoms with Gasteiger partial charge in [-0.2, -0.15) is 4.57 Å². The van der Waals surface area contributed by atoms with Crippen molar-refractivity contribution in [2.75, 3.05) is 0 Å². The average molecular weight is 340 g/mol. The highest BCUT2D eigenvalue weighted by molar-refractivity contribution is 5.97. The number of benzene rings is 3. The van der Waals surface area contributed by atoms with E-state index in [4.69, 9.17) is 0 Å². The van der Waals surface area contributed by atoms with E-state index in [0.29, 0.717) is 5.92 Å². The molecule has 0 saturated heterocycles. The Balaban J connectivity index is 1.94. The number of aryl methyl sites for hydroxylation is 2. The molecule has 0 spiro atoms. The fourth-order valence-electron chi connectivity index (χ4n) is 4.02. The maximum absolute atomic E-state index is 2.34. The second-order valence-electron chi connectivity index (χ2n) is 7.75. The zero-order valence-corrected chi connectivity index (χ0v) is 16.1. The Morgan fingerprint density at radius 1 is 0.846 bits per heavy atom. The highest BCUT2D eigenvalue weighted by atomic mass is 14.9. The van der Waals surface area contributed by atoms with Crippen molar-refractivity contribution in [2.45, 2.75) is 27.2 Å². The third kappa shape index (κ3) is 2.88. The monoisotopic (exact) mass is 340 g/mol. The summed E-state index contributed by atoms with van der Waals surface area (Å²) in [6, 6.07) is 24.6. The van der Waals surface area contributed by atoms with Crippen LogP contribution in [0.1, 0.15) is 25.0 Å². The number of hydrogen-bond acceptors (Lipinski definition) is 0. The SMILES string of the molecule is Cc1ccc2ccccc2c1-c1ccc2cc(CC(C)C)ccc2[n+]1C. The molecule has 0 saturated carbocycles. The highest BCUT2D eigenvalue weighted by Crippen LogP contribution is 2.31. The topological polar surface area (TPSA) is 3.88 Å². The first kappa shape index (κ1) is 16.8. The molecule has 0 aliphatic rings. The van der Waals surface area contributed by atoms with Crippen LogP contribution in [0.3, 0.4) is 0 Å². The molecule has 0 amide bonds. The second-order valence-corrected chi connectivity index (χ2v) is 7.75. The Kier molecular flexibility index (Phi) is 4.24. The summed E-state index contributed by atoms with van der Waals surface area (Å²) in [5.41, 5.74) is 6.61. The van der Waals surface area contributed by atoms with Crippen molar-refractivity contribution < 1.29 is 4.57 Å². The highest BCUT2D eigenvalue weighted by Gasteiger charge is 2.18. The minimum atomic E-state index is 0.679. The van der Waals surface area contributed by atoms with E-state index in [2.05, 4.69) is 99.1 Å². The number of pyridine rings is 1. The summed E-state index contributed by atoms with van der Waals surface area (Å²) in [6.45, 7) is 6.75. The Hall–Kier alpha value is -2.67. The fourth-order valence-corrected chi connectivity index (χ4v) is 4.02. The van der Waals surface area contributed by atoms with E-state index < -0.39 is 0 Å². The number of rotatable bonds is 3. The van der Waals surface area contributed by atoms with E-state index in [1.807, 2.05) is 0 Å². The first-order valence-corrected chi connectivity index (χ1v) is 9.45. The molecule has 0 atom stereocenters. The Labute approximate surface area is 155 Å². The van der Waals surface area contributed by atoms with Gasteiger partial charge in [0.15, 0.2) is 0 Å². The van der Waals surface area contributed by atoms with Gasteiger partial charge in [0.05, 0.1) is 5.56 Å². The van der Waals surface area contributed by atoms with Crippen LogP contribution in [0.5, 0.6) is 0 Å². The summed E-state index contributed by atoms with van der Waals surface area (Å²) in [7, 11) is 2.18. The van der Waals surface area contributed by atoms with Crippen molar-refractivity contribution in [2.24, 2.45) is 13.0 Å². The molecule has 1 heterocycles. The molecule has 0 aliphatic carbocycles. The van der Waals surface area contributed by atoms with Gasteiger partial charge in [-0.25, -0.2) is 0 Å². The smallest absolute Gasteiger partial charge is 0.194 e. The maximum atomic E-state index is 2.34. The molecule has 0 aliphatic heterocycles. The van der Waals surface area contributed by atoms with E-state index in [1.165, 1.54) is 44.1 Å². The molecular weight excluding hydrogens is 314 g/mol. The standard InChI is InChI=1S/C25H26N/c1-17(2)15-19-10-13-23-21(16-19)12-14-24(26(23)4)25-18(3)9-11-20-7-5-6-8-22(20)25/h5-14,16-17H,15H2,1-4H3/q+1. The molecular formula is C25H26N+. The molecule has 1 nitrogen and oxygen atoms in total. The van der Waals surface area contributed by atoms with E-state index in [1.54, 1.807) is 0 Å². The summed E-state index contributed by atoms with van der Waals surface area (Å²) in [5.74, 6) is 0.679. The molecule has 26 heavy (non-hydrogen) atoms. The van der Waals surface area contributed by atoms with Crippen molar-refractivity contribution in [1.29, 1.82) is 0 Å². The molecule has 0 bridgehead atoms. The second kappa shape index (κ2) is 6.57. The average Bonchev–Trinajstić information content (AvgIpc) is 2.62. The molecule has 1 heteroatoms. The normalized spacial score (nSPS) is 11.6. The number of hydrogen-bond donors (Lipinski definition) is 0. The summed E-state index contributed by atoms with van der Waals surface area (Å²) in [6.07, 6.45) is 1.13. The lowest BCUT2D eigenvalue weighted by Gasteiger charge is -2.11. The van der Waals surface area contributed by atoms with Crippen LogP contribution in [0, 0.1) is 12.8 Å². The number of aromatic nitrogens is 1. The van der Waals surface area contributed by atoms with Gasteiger partial charge in [-0.3, -0.25) is 0 Å². The predicted octanol–water partition coefficient (Wildman–Crippen LogP) is 5.99. The van der Waals surface area contributed by atoms with Gasteiger partial charge in [0.2, 0.25) is 11.2 Å². The fraction of sp³-hybridized carbons (Fsp3) is 0.240. The van der Waals surface area contributed by atoms with Crippen molar-refractivity contribution in [1.82, 2.24) is 0 Å². The minimum Gasteiger partial charge on any atom is -0.194 e. The van der Waals surface area contributed by atoms with Gasteiger partial charge in [0.25, 0.3) is 0 Å². The third-order valence-corrected chi connectivity index (χ3v) is 5.27. The van der Waals surface area contributed by atoms with Crippen molar-refractivity contribution in [3.05, 3.63) is 77.9 Å². The van der Waals surface area contributed by atoms with Gasteiger partial charge in [0.1, 0.15) is 7.05 Å². The zero-order valence-electron chi connectivity index (χ0n) is 16.1. The molecule has 0 radical (unpaired) electrons. The van der Waals surface area contributed by atoms with Gasteiger partial charge in [0, 0.05) is 17.5 Å². The van der Waals surface area contributed by atoms with Crippen LogP contribution in [-0.2, 0) is 13.5 Å². The van der Waals surface area contributed by atoms with Crippen molar-refractivity contribution in [3.8, 4) is 11.3 Å². The van der Waals surface area contributed by atoms with Gasteiger partial charge in [-0.1, -0.05) is 56.3 Å². The van der Waals surface area contributed by atoms with Crippen LogP contribution in [0.2, 0.25) is 0 Å². The lowest BCUT2D eigenvalue weighted by atomic mass is 9.95. The minimum absolute atomic E-state index is 0.679. The van der Waals surface area contributed by atoms with Crippen LogP contribution in [0.15, 0.2) is 66.7 Å². The van der Waals surface area contributed by atoms with Gasteiger partial charge < -0.3 is 0 Å². The quantitative estimate of drug-likeness (QED) is 0.403. The van der Waals surface area contributed by atoms with Crippen LogP contribution in [-0.4, -0.2) is 0 Å². The van der Waals surface area contributed by atoms with E-state index >= 15 is 0 Å². The summed E-state index contributed by atoms with van der Waals surface area (Å²) >= 11 is 0. The summed E-state index contributed by atoms with van der Waals surface area (Å²) in [4.78, 5) is 0. The Morgan fingerprint density at radius 3 is 2.42 bits per heavy atom. The predicted molar refractivity (Wildman–Crippen MR) is 111 cm³/mol. The zero-order chi connectivity index (χ0) is 18.3. The molecule has 1 aromatic heterocycles. The molecule has 0 N–H and O–H groups in total. The van der Waals surface area contributed by atoms with E-state index in [-0.39, 0.29) is 0 Å². The molecule has 130 valence electrons. The van der Waals surface area contributed by atoms with Crippen molar-refractivity contribution >= 4 is 21.7 Å². The van der Waals surface area contributed by atoms with Crippen molar-refractivity contribution in [3.63, 3.8) is 0 Å². The Bertz CT molecular complexity index is 1110. The first-order valence-electron chi connectivity index (χ1n) is 9.45. The van der Waals surface area contributed by atoms with Gasteiger partial charge in [-0.05, 0) is 53.3 Å². The van der Waals surface area contributed by atoms with Gasteiger partial charge >= 0.3 is 0 Å².